The van der Waals surface area contributed by atoms with Gasteiger partial charge in [-0.3, -0.25) is 9.59 Å². The first-order valence-corrected chi connectivity index (χ1v) is 9.39. The molecule has 4 rings (SSSR count). The summed E-state index contributed by atoms with van der Waals surface area (Å²) in [6, 6.07) is 0.500. The van der Waals surface area contributed by atoms with Gasteiger partial charge in [-0.25, -0.2) is 4.98 Å². The predicted octanol–water partition coefficient (Wildman–Crippen LogP) is 1.54. The van der Waals surface area contributed by atoms with Crippen molar-refractivity contribution in [2.24, 2.45) is 0 Å². The molecule has 138 valence electrons. The van der Waals surface area contributed by atoms with Crippen molar-refractivity contribution in [1.29, 1.82) is 0 Å². The van der Waals surface area contributed by atoms with Gasteiger partial charge in [0.2, 0.25) is 5.78 Å². The molecule has 2 aromatic heterocycles. The number of carbonyl (C=O) groups excluding carboxylic acids is 2. The molecule has 1 aliphatic heterocycles. The van der Waals surface area contributed by atoms with Crippen LogP contribution in [-0.2, 0) is 16.1 Å². The molecule has 0 spiro atoms. The summed E-state index contributed by atoms with van der Waals surface area (Å²) in [7, 11) is 0. The molecule has 0 radical (unpaired) electrons. The molecule has 0 bridgehead atoms. The van der Waals surface area contributed by atoms with Crippen molar-refractivity contribution in [3.05, 3.63) is 30.4 Å². The minimum Gasteiger partial charge on any atom is -0.336 e. The summed E-state index contributed by atoms with van der Waals surface area (Å²) in [5.41, 5.74) is 0. The maximum atomic E-state index is 12.1. The molecule has 0 aromatic carbocycles. The number of aromatic nitrogens is 5. The summed E-state index contributed by atoms with van der Waals surface area (Å²) in [4.78, 5) is 29.5. The lowest BCUT2D eigenvalue weighted by atomic mass is 9.95. The quantitative estimate of drug-likeness (QED) is 0.733. The number of piperidine rings is 1. The van der Waals surface area contributed by atoms with Crippen LogP contribution in [0.25, 0.3) is 0 Å². The number of hydrogen-bond donors (Lipinski definition) is 0. The van der Waals surface area contributed by atoms with Crippen LogP contribution in [0.3, 0.4) is 0 Å². The SMILES string of the molecule is CCC(=O)C(=O)N1CCC(c2nnc(Cn3ccnc3)n2C2CC2)CC1. The highest BCUT2D eigenvalue weighted by atomic mass is 16.2. The second-order valence-corrected chi connectivity index (χ2v) is 7.15. The molecular formula is C18H24N6O2. The molecule has 1 saturated heterocycles. The molecule has 26 heavy (non-hydrogen) atoms. The van der Waals surface area contributed by atoms with Crippen molar-refractivity contribution < 1.29 is 9.59 Å². The van der Waals surface area contributed by atoms with Crippen molar-refractivity contribution >= 4 is 11.7 Å². The summed E-state index contributed by atoms with van der Waals surface area (Å²) < 4.78 is 4.31. The first kappa shape index (κ1) is 16.9. The third-order valence-electron chi connectivity index (χ3n) is 5.29. The normalized spacial score (nSPS) is 18.3. The Morgan fingerprint density at radius 1 is 1.15 bits per heavy atom. The average molecular weight is 356 g/mol. The Balaban J connectivity index is 1.48. The monoisotopic (exact) mass is 356 g/mol. The second kappa shape index (κ2) is 7.01. The second-order valence-electron chi connectivity index (χ2n) is 7.15. The standard InChI is InChI=1S/C18H24N6O2/c1-2-15(25)18(26)23-8-5-13(6-9-23)17-21-20-16(24(17)14-3-4-14)11-22-10-7-19-12-22/h7,10,12-14H,2-6,8-9,11H2,1H3. The molecule has 0 unspecified atom stereocenters. The number of rotatable bonds is 6. The summed E-state index contributed by atoms with van der Waals surface area (Å²) in [5, 5.41) is 8.96. The first-order valence-electron chi connectivity index (χ1n) is 9.39. The van der Waals surface area contributed by atoms with E-state index in [0.717, 1.165) is 24.5 Å². The van der Waals surface area contributed by atoms with Gasteiger partial charge in [-0.15, -0.1) is 10.2 Å². The van der Waals surface area contributed by atoms with E-state index in [0.29, 0.717) is 31.6 Å². The number of amides is 1. The van der Waals surface area contributed by atoms with Gasteiger partial charge in [0.15, 0.2) is 5.82 Å². The molecule has 0 N–H and O–H groups in total. The number of likely N-dealkylation sites (tertiary alicyclic amines) is 1. The molecule has 1 aliphatic carbocycles. The van der Waals surface area contributed by atoms with Crippen LogP contribution in [0.1, 0.15) is 62.6 Å². The lowest BCUT2D eigenvalue weighted by Crippen LogP contribution is -2.41. The number of Topliss-reactive ketones (excluding diaryl/α,β-unsaturated/α-hetero) is 1. The number of carbonyl (C=O) groups is 2. The maximum absolute atomic E-state index is 12.1. The molecule has 2 aromatic rings. The zero-order valence-corrected chi connectivity index (χ0v) is 15.0. The van der Waals surface area contributed by atoms with Gasteiger partial charge in [-0.05, 0) is 25.7 Å². The Hall–Kier alpha value is -2.51. The first-order chi connectivity index (χ1) is 12.7. The van der Waals surface area contributed by atoms with Gasteiger partial charge in [-0.2, -0.15) is 0 Å². The lowest BCUT2D eigenvalue weighted by molar-refractivity contribution is -0.145. The van der Waals surface area contributed by atoms with Gasteiger partial charge in [0.25, 0.3) is 5.91 Å². The van der Waals surface area contributed by atoms with Gasteiger partial charge >= 0.3 is 0 Å². The third kappa shape index (κ3) is 3.27. The maximum Gasteiger partial charge on any atom is 0.289 e. The largest absolute Gasteiger partial charge is 0.336 e. The fourth-order valence-electron chi connectivity index (χ4n) is 3.67. The van der Waals surface area contributed by atoms with Crippen LogP contribution in [-0.4, -0.2) is 54.0 Å². The molecule has 1 amide bonds. The van der Waals surface area contributed by atoms with Gasteiger partial charge in [0, 0.05) is 43.9 Å². The van der Waals surface area contributed by atoms with Crippen molar-refractivity contribution in [2.45, 2.75) is 57.5 Å². The zero-order chi connectivity index (χ0) is 18.1. The van der Waals surface area contributed by atoms with E-state index in [1.807, 2.05) is 10.8 Å². The molecule has 1 saturated carbocycles. The van der Waals surface area contributed by atoms with E-state index in [1.165, 1.54) is 12.8 Å². The molecule has 2 aliphatic rings. The number of ketones is 1. The van der Waals surface area contributed by atoms with Crippen LogP contribution in [0.2, 0.25) is 0 Å². The van der Waals surface area contributed by atoms with Crippen LogP contribution in [0, 0.1) is 0 Å². The van der Waals surface area contributed by atoms with E-state index in [1.54, 1.807) is 24.3 Å². The van der Waals surface area contributed by atoms with Crippen LogP contribution in [0.5, 0.6) is 0 Å². The van der Waals surface area contributed by atoms with Gasteiger partial charge < -0.3 is 14.0 Å². The minimum atomic E-state index is -0.338. The fourth-order valence-corrected chi connectivity index (χ4v) is 3.67. The number of hydrogen-bond acceptors (Lipinski definition) is 5. The summed E-state index contributed by atoms with van der Waals surface area (Å²) in [6.45, 7) is 3.63. The fraction of sp³-hybridized carbons (Fsp3) is 0.611. The Morgan fingerprint density at radius 2 is 1.92 bits per heavy atom. The van der Waals surface area contributed by atoms with Crippen molar-refractivity contribution in [2.75, 3.05) is 13.1 Å². The zero-order valence-electron chi connectivity index (χ0n) is 15.0. The van der Waals surface area contributed by atoms with Crippen LogP contribution in [0.15, 0.2) is 18.7 Å². The lowest BCUT2D eigenvalue weighted by Gasteiger charge is -2.31. The molecule has 0 atom stereocenters. The van der Waals surface area contributed by atoms with Crippen LogP contribution < -0.4 is 0 Å². The highest BCUT2D eigenvalue weighted by Gasteiger charge is 2.34. The van der Waals surface area contributed by atoms with Crippen molar-refractivity contribution in [3.63, 3.8) is 0 Å². The summed E-state index contributed by atoms with van der Waals surface area (Å²) >= 11 is 0. The van der Waals surface area contributed by atoms with Crippen LogP contribution in [0.4, 0.5) is 0 Å². The Kier molecular flexibility index (Phi) is 4.57. The number of nitrogens with zero attached hydrogens (tertiary/aromatic N) is 6. The average Bonchev–Trinajstić information content (AvgIpc) is 3.22. The molecule has 2 fully saturated rings. The van der Waals surface area contributed by atoms with E-state index >= 15 is 0 Å². The van der Waals surface area contributed by atoms with E-state index in [9.17, 15) is 9.59 Å². The molecule has 3 heterocycles. The Bertz CT molecular complexity index is 785. The summed E-state index contributed by atoms with van der Waals surface area (Å²) in [6.07, 6.45) is 9.77. The highest BCUT2D eigenvalue weighted by Crippen LogP contribution is 2.40. The van der Waals surface area contributed by atoms with E-state index in [2.05, 4.69) is 19.7 Å². The predicted molar refractivity (Wildman–Crippen MR) is 93.5 cm³/mol. The van der Waals surface area contributed by atoms with Gasteiger partial charge in [-0.1, -0.05) is 6.92 Å². The minimum absolute atomic E-state index is 0.270. The third-order valence-corrected chi connectivity index (χ3v) is 5.29. The van der Waals surface area contributed by atoms with Crippen LogP contribution >= 0.6 is 0 Å². The smallest absolute Gasteiger partial charge is 0.289 e. The highest BCUT2D eigenvalue weighted by molar-refractivity contribution is 6.35. The molecule has 8 nitrogen and oxygen atoms in total. The molecule has 8 heteroatoms. The topological polar surface area (TPSA) is 85.9 Å². The molecular weight excluding hydrogens is 332 g/mol. The number of imidazole rings is 1. The Morgan fingerprint density at radius 3 is 2.54 bits per heavy atom. The van der Waals surface area contributed by atoms with Gasteiger partial charge in [0.1, 0.15) is 5.82 Å². The summed E-state index contributed by atoms with van der Waals surface area (Å²) in [5.74, 6) is 1.67. The van der Waals surface area contributed by atoms with Crippen molar-refractivity contribution in [3.8, 4) is 0 Å². The van der Waals surface area contributed by atoms with E-state index in [4.69, 9.17) is 0 Å². The van der Waals surface area contributed by atoms with Gasteiger partial charge in [0.05, 0.1) is 12.9 Å². The van der Waals surface area contributed by atoms with Crippen molar-refractivity contribution in [1.82, 2.24) is 29.2 Å². The van der Waals surface area contributed by atoms with E-state index in [-0.39, 0.29) is 18.1 Å². The van der Waals surface area contributed by atoms with E-state index < -0.39 is 0 Å². The Labute approximate surface area is 152 Å².